The predicted octanol–water partition coefficient (Wildman–Crippen LogP) is 5.12. The molecule has 3 atom stereocenters. The van der Waals surface area contributed by atoms with Crippen LogP contribution in [0.25, 0.3) is 0 Å². The Labute approximate surface area is 140 Å². The van der Waals surface area contributed by atoms with Gasteiger partial charge in [-0.2, -0.15) is 13.2 Å². The summed E-state index contributed by atoms with van der Waals surface area (Å²) >= 11 is 0. The second-order valence-electron chi connectivity index (χ2n) is 7.37. The normalized spacial score (nSPS) is 32.8. The molecule has 2 fully saturated rings. The van der Waals surface area contributed by atoms with E-state index in [0.29, 0.717) is 5.56 Å². The van der Waals surface area contributed by atoms with E-state index in [0.717, 1.165) is 30.5 Å². The molecular weight excluding hydrogens is 317 g/mol. The number of halogens is 3. The Morgan fingerprint density at radius 1 is 1.33 bits per heavy atom. The zero-order chi connectivity index (χ0) is 17.8. The van der Waals surface area contributed by atoms with Gasteiger partial charge in [-0.05, 0) is 49.0 Å². The molecule has 2 aliphatic heterocycles. The topological polar surface area (TPSA) is 18.5 Å². The van der Waals surface area contributed by atoms with Crippen LogP contribution in [0.3, 0.4) is 0 Å². The highest BCUT2D eigenvalue weighted by atomic mass is 19.4. The lowest BCUT2D eigenvalue weighted by Gasteiger charge is -2.34. The van der Waals surface area contributed by atoms with Gasteiger partial charge in [-0.3, -0.25) is 0 Å². The molecule has 2 saturated heterocycles. The molecule has 0 saturated carbocycles. The molecule has 0 aliphatic carbocycles. The lowest BCUT2D eigenvalue weighted by atomic mass is 9.72. The van der Waals surface area contributed by atoms with Crippen molar-refractivity contribution in [2.75, 3.05) is 0 Å². The van der Waals surface area contributed by atoms with E-state index in [-0.39, 0.29) is 24.2 Å². The van der Waals surface area contributed by atoms with E-state index in [1.54, 1.807) is 6.07 Å². The molecule has 2 bridgehead atoms. The van der Waals surface area contributed by atoms with Crippen LogP contribution in [0.5, 0.6) is 0 Å². The Balaban J connectivity index is 1.75. The Bertz CT molecular complexity index is 652. The SMILES string of the molecule is C=C1[C@@H](OCc2cccc(C(F)(F)F)c2)[C@]2(C)CC[C@@]1(C(C)C)O2. The van der Waals surface area contributed by atoms with Crippen molar-refractivity contribution in [3.63, 3.8) is 0 Å². The first-order chi connectivity index (χ1) is 11.1. The van der Waals surface area contributed by atoms with Crippen molar-refractivity contribution in [1.82, 2.24) is 0 Å². The average Bonchev–Trinajstić information content (AvgIpc) is 2.96. The van der Waals surface area contributed by atoms with E-state index in [4.69, 9.17) is 9.47 Å². The van der Waals surface area contributed by atoms with Crippen LogP contribution in [0.1, 0.15) is 44.7 Å². The highest BCUT2D eigenvalue weighted by molar-refractivity contribution is 5.34. The molecule has 0 spiro atoms. The molecule has 1 aromatic carbocycles. The lowest BCUT2D eigenvalue weighted by molar-refractivity contribution is -0.137. The Hall–Kier alpha value is -1.33. The third kappa shape index (κ3) is 2.68. The van der Waals surface area contributed by atoms with Crippen LogP contribution in [-0.4, -0.2) is 17.3 Å². The number of alkyl halides is 3. The van der Waals surface area contributed by atoms with Gasteiger partial charge in [0.05, 0.1) is 23.4 Å². The van der Waals surface area contributed by atoms with Crippen molar-refractivity contribution in [1.29, 1.82) is 0 Å². The number of rotatable bonds is 4. The molecule has 1 aromatic rings. The first-order valence-corrected chi connectivity index (χ1v) is 8.26. The molecule has 2 heterocycles. The number of ether oxygens (including phenoxy) is 2. The minimum absolute atomic E-state index is 0.112. The van der Waals surface area contributed by atoms with Crippen molar-refractivity contribution >= 4 is 0 Å². The molecule has 3 rings (SSSR count). The fourth-order valence-electron chi connectivity index (χ4n) is 4.02. The minimum atomic E-state index is -4.34. The van der Waals surface area contributed by atoms with Gasteiger partial charge < -0.3 is 9.47 Å². The maximum absolute atomic E-state index is 12.8. The van der Waals surface area contributed by atoms with Crippen molar-refractivity contribution in [3.05, 3.63) is 47.5 Å². The molecule has 0 amide bonds. The van der Waals surface area contributed by atoms with Crippen molar-refractivity contribution < 1.29 is 22.6 Å². The molecule has 2 aliphatic rings. The molecule has 5 heteroatoms. The molecule has 2 nitrogen and oxygen atoms in total. The number of fused-ring (bicyclic) bond motifs is 2. The summed E-state index contributed by atoms with van der Waals surface area (Å²) in [5.41, 5.74) is -0.0479. The van der Waals surface area contributed by atoms with Gasteiger partial charge >= 0.3 is 6.18 Å². The number of hydrogen-bond donors (Lipinski definition) is 0. The summed E-state index contributed by atoms with van der Waals surface area (Å²) in [5.74, 6) is 0.286. The fraction of sp³-hybridized carbons (Fsp3) is 0.579. The molecule has 0 radical (unpaired) electrons. The third-order valence-corrected chi connectivity index (χ3v) is 5.43. The van der Waals surface area contributed by atoms with Gasteiger partial charge in [-0.1, -0.05) is 32.6 Å². The summed E-state index contributed by atoms with van der Waals surface area (Å²) in [6.07, 6.45) is -2.84. The van der Waals surface area contributed by atoms with Crippen LogP contribution in [0.2, 0.25) is 0 Å². The Morgan fingerprint density at radius 3 is 2.62 bits per heavy atom. The monoisotopic (exact) mass is 340 g/mol. The summed E-state index contributed by atoms with van der Waals surface area (Å²) in [7, 11) is 0. The highest BCUT2D eigenvalue weighted by Gasteiger charge is 2.63. The summed E-state index contributed by atoms with van der Waals surface area (Å²) in [5, 5.41) is 0. The van der Waals surface area contributed by atoms with Gasteiger partial charge in [0.2, 0.25) is 0 Å². The van der Waals surface area contributed by atoms with Crippen molar-refractivity contribution in [2.45, 2.75) is 63.7 Å². The predicted molar refractivity (Wildman–Crippen MR) is 85.5 cm³/mol. The summed E-state index contributed by atoms with van der Waals surface area (Å²) in [4.78, 5) is 0. The molecule has 24 heavy (non-hydrogen) atoms. The summed E-state index contributed by atoms with van der Waals surface area (Å²) in [6, 6.07) is 5.26. The number of hydrogen-bond acceptors (Lipinski definition) is 2. The van der Waals surface area contributed by atoms with Gasteiger partial charge in [0.25, 0.3) is 0 Å². The van der Waals surface area contributed by atoms with Crippen LogP contribution in [0.15, 0.2) is 36.4 Å². The second kappa shape index (κ2) is 5.60. The summed E-state index contributed by atoms with van der Waals surface area (Å²) in [6.45, 7) is 10.5. The van der Waals surface area contributed by atoms with Crippen LogP contribution in [0, 0.1) is 5.92 Å². The van der Waals surface area contributed by atoms with Gasteiger partial charge in [0.15, 0.2) is 0 Å². The lowest BCUT2D eigenvalue weighted by Crippen LogP contribution is -2.40. The first-order valence-electron chi connectivity index (χ1n) is 8.26. The second-order valence-corrected chi connectivity index (χ2v) is 7.37. The molecule has 0 N–H and O–H groups in total. The Kier molecular flexibility index (Phi) is 4.08. The van der Waals surface area contributed by atoms with Crippen LogP contribution >= 0.6 is 0 Å². The maximum atomic E-state index is 12.8. The zero-order valence-corrected chi connectivity index (χ0v) is 14.2. The fourth-order valence-corrected chi connectivity index (χ4v) is 4.02. The van der Waals surface area contributed by atoms with E-state index in [1.165, 1.54) is 6.07 Å². The average molecular weight is 340 g/mol. The van der Waals surface area contributed by atoms with E-state index in [2.05, 4.69) is 20.4 Å². The van der Waals surface area contributed by atoms with E-state index in [9.17, 15) is 13.2 Å². The van der Waals surface area contributed by atoms with Crippen LogP contribution < -0.4 is 0 Å². The van der Waals surface area contributed by atoms with E-state index < -0.39 is 17.3 Å². The van der Waals surface area contributed by atoms with Crippen molar-refractivity contribution in [2.24, 2.45) is 5.92 Å². The van der Waals surface area contributed by atoms with Gasteiger partial charge in [0.1, 0.15) is 6.10 Å². The molecule has 0 unspecified atom stereocenters. The summed E-state index contributed by atoms with van der Waals surface area (Å²) < 4.78 is 50.7. The zero-order valence-electron chi connectivity index (χ0n) is 14.2. The molecular formula is C19H23F3O2. The minimum Gasteiger partial charge on any atom is -0.366 e. The van der Waals surface area contributed by atoms with Gasteiger partial charge in [-0.15, -0.1) is 0 Å². The quantitative estimate of drug-likeness (QED) is 0.708. The highest BCUT2D eigenvalue weighted by Crippen LogP contribution is 2.57. The Morgan fingerprint density at radius 2 is 2.04 bits per heavy atom. The molecule has 132 valence electrons. The van der Waals surface area contributed by atoms with Gasteiger partial charge in [-0.25, -0.2) is 0 Å². The molecule has 0 aromatic heterocycles. The first kappa shape index (κ1) is 17.5. The van der Waals surface area contributed by atoms with Gasteiger partial charge in [0, 0.05) is 0 Å². The van der Waals surface area contributed by atoms with Crippen molar-refractivity contribution in [3.8, 4) is 0 Å². The third-order valence-electron chi connectivity index (χ3n) is 5.43. The van der Waals surface area contributed by atoms with Crippen LogP contribution in [0.4, 0.5) is 13.2 Å². The number of benzene rings is 1. The van der Waals surface area contributed by atoms with Crippen LogP contribution in [-0.2, 0) is 22.3 Å². The standard InChI is InChI=1S/C19H23F3O2/c1-12(2)18-9-8-17(4,24-18)16(13(18)3)23-11-14-6-5-7-15(10-14)19(20,21)22/h5-7,10,12,16H,3,8-9,11H2,1-2,4H3/t16-,17+,18+/m1/s1. The van der Waals surface area contributed by atoms with E-state index >= 15 is 0 Å². The smallest absolute Gasteiger partial charge is 0.366 e. The van der Waals surface area contributed by atoms with E-state index in [1.807, 2.05) is 6.92 Å². The largest absolute Gasteiger partial charge is 0.416 e. The maximum Gasteiger partial charge on any atom is 0.416 e.